The van der Waals surface area contributed by atoms with E-state index in [1.165, 1.54) is 11.3 Å². The van der Waals surface area contributed by atoms with Crippen molar-refractivity contribution < 1.29 is 9.84 Å². The lowest BCUT2D eigenvalue weighted by Crippen LogP contribution is -2.31. The number of H-pyrrole nitrogens is 1. The van der Waals surface area contributed by atoms with E-state index in [0.29, 0.717) is 36.8 Å². The molecule has 6 nitrogen and oxygen atoms in total. The molecule has 0 radical (unpaired) electrons. The van der Waals surface area contributed by atoms with E-state index < -0.39 is 0 Å². The van der Waals surface area contributed by atoms with Crippen LogP contribution < -0.4 is 5.56 Å². The SMILES string of the molecule is COCCN(CCO)Cc1nc2ccsc2c(=O)[nH]1. The number of aromatic amines is 1. The van der Waals surface area contributed by atoms with Crippen molar-refractivity contribution in [2.45, 2.75) is 6.54 Å². The van der Waals surface area contributed by atoms with Gasteiger partial charge in [-0.05, 0) is 11.4 Å². The Morgan fingerprint density at radius 1 is 1.53 bits per heavy atom. The third-order valence-electron chi connectivity index (χ3n) is 2.77. The van der Waals surface area contributed by atoms with Gasteiger partial charge in [0.05, 0.1) is 25.3 Å². The molecule has 0 amide bonds. The molecule has 0 spiro atoms. The Morgan fingerprint density at radius 3 is 3.11 bits per heavy atom. The predicted molar refractivity (Wildman–Crippen MR) is 74.5 cm³/mol. The third-order valence-corrected chi connectivity index (χ3v) is 3.67. The van der Waals surface area contributed by atoms with Crippen LogP contribution in [0.1, 0.15) is 5.82 Å². The minimum atomic E-state index is -0.106. The zero-order valence-electron chi connectivity index (χ0n) is 10.8. The van der Waals surface area contributed by atoms with Crippen LogP contribution in [0.4, 0.5) is 0 Å². The lowest BCUT2D eigenvalue weighted by atomic mass is 10.4. The van der Waals surface area contributed by atoms with Crippen LogP contribution >= 0.6 is 11.3 Å². The highest BCUT2D eigenvalue weighted by atomic mass is 32.1. The van der Waals surface area contributed by atoms with E-state index in [0.717, 1.165) is 5.52 Å². The Bertz CT molecular complexity index is 581. The van der Waals surface area contributed by atoms with E-state index in [2.05, 4.69) is 9.97 Å². The predicted octanol–water partition coefficient (Wildman–Crippen LogP) is 0.425. The first kappa shape index (κ1) is 14.1. The molecule has 2 aromatic rings. The summed E-state index contributed by atoms with van der Waals surface area (Å²) in [6.45, 7) is 2.34. The highest BCUT2D eigenvalue weighted by Crippen LogP contribution is 2.14. The van der Waals surface area contributed by atoms with Gasteiger partial charge < -0.3 is 14.8 Å². The zero-order valence-corrected chi connectivity index (χ0v) is 11.6. The summed E-state index contributed by atoms with van der Waals surface area (Å²) in [6.07, 6.45) is 0. The smallest absolute Gasteiger partial charge is 0.268 e. The van der Waals surface area contributed by atoms with E-state index >= 15 is 0 Å². The topological polar surface area (TPSA) is 78.5 Å². The lowest BCUT2D eigenvalue weighted by molar-refractivity contribution is 0.125. The molecule has 0 atom stereocenters. The maximum Gasteiger partial charge on any atom is 0.268 e. The van der Waals surface area contributed by atoms with E-state index in [4.69, 9.17) is 9.84 Å². The molecule has 2 heterocycles. The number of hydrogen-bond donors (Lipinski definition) is 2. The summed E-state index contributed by atoms with van der Waals surface area (Å²) < 4.78 is 5.67. The first-order valence-electron chi connectivity index (χ1n) is 6.03. The molecule has 2 N–H and O–H groups in total. The van der Waals surface area contributed by atoms with Gasteiger partial charge in [-0.25, -0.2) is 4.98 Å². The van der Waals surface area contributed by atoms with Crippen LogP contribution in [0.25, 0.3) is 10.2 Å². The van der Waals surface area contributed by atoms with E-state index in [9.17, 15) is 4.79 Å². The Morgan fingerprint density at radius 2 is 2.37 bits per heavy atom. The Kier molecular flexibility index (Phi) is 5.03. The molecular formula is C12H17N3O3S. The number of aliphatic hydroxyl groups excluding tert-OH is 1. The van der Waals surface area contributed by atoms with Gasteiger partial charge in [-0.15, -0.1) is 11.3 Å². The standard InChI is InChI=1S/C12H17N3O3S/c1-18-6-4-15(3-5-16)8-10-13-9-2-7-19-11(9)12(17)14-10/h2,7,16H,3-6,8H2,1H3,(H,13,14,17). The summed E-state index contributed by atoms with van der Waals surface area (Å²) in [5, 5.41) is 10.9. The van der Waals surface area contributed by atoms with Crippen LogP contribution in [0, 0.1) is 0 Å². The summed E-state index contributed by atoms with van der Waals surface area (Å²) in [5.41, 5.74) is 0.616. The second-order valence-electron chi connectivity index (χ2n) is 4.14. The number of thiophene rings is 1. The van der Waals surface area contributed by atoms with Crippen molar-refractivity contribution in [2.75, 3.05) is 33.4 Å². The molecule has 0 unspecified atom stereocenters. The molecule has 0 fully saturated rings. The van der Waals surface area contributed by atoms with Crippen molar-refractivity contribution in [3.63, 3.8) is 0 Å². The van der Waals surface area contributed by atoms with Gasteiger partial charge in [0.1, 0.15) is 10.5 Å². The molecule has 19 heavy (non-hydrogen) atoms. The van der Waals surface area contributed by atoms with Gasteiger partial charge in [0.15, 0.2) is 0 Å². The van der Waals surface area contributed by atoms with Gasteiger partial charge in [-0.1, -0.05) is 0 Å². The molecular weight excluding hydrogens is 266 g/mol. The summed E-state index contributed by atoms with van der Waals surface area (Å²) in [5.74, 6) is 0.612. The molecule has 0 saturated carbocycles. The van der Waals surface area contributed by atoms with Crippen molar-refractivity contribution >= 4 is 21.6 Å². The molecule has 0 aliphatic carbocycles. The van der Waals surface area contributed by atoms with Gasteiger partial charge in [0.2, 0.25) is 0 Å². The fourth-order valence-corrected chi connectivity index (χ4v) is 2.57. The van der Waals surface area contributed by atoms with E-state index in [-0.39, 0.29) is 12.2 Å². The van der Waals surface area contributed by atoms with Crippen LogP contribution in [0.3, 0.4) is 0 Å². The third kappa shape index (κ3) is 3.60. The molecule has 2 aromatic heterocycles. The summed E-state index contributed by atoms with van der Waals surface area (Å²) >= 11 is 1.39. The van der Waals surface area contributed by atoms with Gasteiger partial charge in [-0.3, -0.25) is 9.69 Å². The second-order valence-corrected chi connectivity index (χ2v) is 5.06. The second kappa shape index (κ2) is 6.76. The van der Waals surface area contributed by atoms with Crippen LogP contribution in [0.5, 0.6) is 0 Å². The maximum absolute atomic E-state index is 11.8. The van der Waals surface area contributed by atoms with Gasteiger partial charge in [0.25, 0.3) is 5.56 Å². The number of ether oxygens (including phenoxy) is 1. The van der Waals surface area contributed by atoms with Crippen LogP contribution in [-0.4, -0.2) is 53.4 Å². The molecule has 0 aromatic carbocycles. The van der Waals surface area contributed by atoms with Crippen molar-refractivity contribution in [3.8, 4) is 0 Å². The van der Waals surface area contributed by atoms with Crippen LogP contribution in [-0.2, 0) is 11.3 Å². The summed E-state index contributed by atoms with van der Waals surface area (Å²) in [7, 11) is 1.63. The molecule has 7 heteroatoms. The average molecular weight is 283 g/mol. The van der Waals surface area contributed by atoms with Crippen LogP contribution in [0.15, 0.2) is 16.2 Å². The van der Waals surface area contributed by atoms with Gasteiger partial charge >= 0.3 is 0 Å². The fraction of sp³-hybridized carbons (Fsp3) is 0.500. The van der Waals surface area contributed by atoms with E-state index in [1.807, 2.05) is 16.3 Å². The molecule has 2 rings (SSSR count). The normalized spacial score (nSPS) is 11.5. The molecule has 0 aliphatic rings. The fourth-order valence-electron chi connectivity index (χ4n) is 1.84. The van der Waals surface area contributed by atoms with Gasteiger partial charge in [0, 0.05) is 20.2 Å². The molecule has 0 aliphatic heterocycles. The molecule has 104 valence electrons. The highest BCUT2D eigenvalue weighted by Gasteiger charge is 2.09. The summed E-state index contributed by atoms with van der Waals surface area (Å²) in [6, 6.07) is 1.84. The number of fused-ring (bicyclic) bond motifs is 1. The van der Waals surface area contributed by atoms with Crippen LogP contribution in [0.2, 0.25) is 0 Å². The molecule has 0 bridgehead atoms. The highest BCUT2D eigenvalue weighted by molar-refractivity contribution is 7.17. The Balaban J connectivity index is 2.15. The number of methoxy groups -OCH3 is 1. The largest absolute Gasteiger partial charge is 0.395 e. The average Bonchev–Trinajstić information content (AvgIpc) is 2.85. The number of nitrogens with one attached hydrogen (secondary N) is 1. The molecule has 0 saturated heterocycles. The number of hydrogen-bond acceptors (Lipinski definition) is 6. The van der Waals surface area contributed by atoms with Crippen molar-refractivity contribution in [1.29, 1.82) is 0 Å². The number of aromatic nitrogens is 2. The quantitative estimate of drug-likeness (QED) is 0.770. The Labute approximate surface area is 114 Å². The van der Waals surface area contributed by atoms with Crippen molar-refractivity contribution in [3.05, 3.63) is 27.6 Å². The first-order chi connectivity index (χ1) is 9.24. The maximum atomic E-state index is 11.8. The zero-order chi connectivity index (χ0) is 13.7. The van der Waals surface area contributed by atoms with Gasteiger partial charge in [-0.2, -0.15) is 0 Å². The lowest BCUT2D eigenvalue weighted by Gasteiger charge is -2.19. The van der Waals surface area contributed by atoms with E-state index in [1.54, 1.807) is 7.11 Å². The van der Waals surface area contributed by atoms with Crippen molar-refractivity contribution in [1.82, 2.24) is 14.9 Å². The minimum absolute atomic E-state index is 0.0641. The van der Waals surface area contributed by atoms with Crippen molar-refractivity contribution in [2.24, 2.45) is 0 Å². The Hall–Kier alpha value is -1.28. The summed E-state index contributed by atoms with van der Waals surface area (Å²) in [4.78, 5) is 21.0. The number of nitrogens with zero attached hydrogens (tertiary/aromatic N) is 2. The monoisotopic (exact) mass is 283 g/mol. The minimum Gasteiger partial charge on any atom is -0.395 e. The number of rotatable bonds is 7. The first-order valence-corrected chi connectivity index (χ1v) is 6.91. The number of aliphatic hydroxyl groups is 1.